The molecule has 3 heterocycles. The number of rotatable bonds is 3. The van der Waals surface area contributed by atoms with E-state index in [1.54, 1.807) is 0 Å². The monoisotopic (exact) mass is 387 g/mol. The van der Waals surface area contributed by atoms with Gasteiger partial charge in [-0.3, -0.25) is 9.48 Å². The number of nitrogens with one attached hydrogen (secondary N) is 1. The molecule has 6 nitrogen and oxygen atoms in total. The van der Waals surface area contributed by atoms with E-state index in [1.165, 1.54) is 19.2 Å². The van der Waals surface area contributed by atoms with Crippen molar-refractivity contribution < 1.29 is 9.18 Å². The lowest BCUT2D eigenvalue weighted by Gasteiger charge is -2.33. The molecule has 0 atom stereocenters. The quantitative estimate of drug-likeness (QED) is 0.737. The summed E-state index contributed by atoms with van der Waals surface area (Å²) in [6, 6.07) is 7.26. The maximum Gasteiger partial charge on any atom is 0.221 e. The van der Waals surface area contributed by atoms with E-state index in [9.17, 15) is 9.18 Å². The van der Waals surface area contributed by atoms with E-state index in [0.29, 0.717) is 23.9 Å². The lowest BCUT2D eigenvalue weighted by molar-refractivity contribution is -0.114. The first kappa shape index (κ1) is 17.7. The molecule has 1 amide bonds. The molecule has 1 fully saturated rings. The second-order valence-electron chi connectivity index (χ2n) is 6.72. The SMILES string of the molecule is CC(=O)Nc1ccc2cnn(C3CCN(c4ncc(Cl)cc4F)CC3)c2c1. The molecule has 27 heavy (non-hydrogen) atoms. The largest absolute Gasteiger partial charge is 0.354 e. The summed E-state index contributed by atoms with van der Waals surface area (Å²) < 4.78 is 16.1. The van der Waals surface area contributed by atoms with Crippen molar-refractivity contribution in [1.29, 1.82) is 0 Å². The van der Waals surface area contributed by atoms with Gasteiger partial charge in [-0.05, 0) is 37.1 Å². The molecule has 0 bridgehead atoms. The van der Waals surface area contributed by atoms with E-state index in [-0.39, 0.29) is 11.9 Å². The molecule has 0 unspecified atom stereocenters. The van der Waals surface area contributed by atoms with Crippen molar-refractivity contribution in [2.75, 3.05) is 23.3 Å². The summed E-state index contributed by atoms with van der Waals surface area (Å²) in [7, 11) is 0. The molecule has 140 valence electrons. The standard InChI is InChI=1S/C19H19ClFN5O/c1-12(27)24-15-3-2-13-10-23-26(18(13)9-15)16-4-6-25(7-5-16)19-17(21)8-14(20)11-22-19/h2-3,8-11,16H,4-7H2,1H3,(H,24,27). The highest BCUT2D eigenvalue weighted by Crippen LogP contribution is 2.30. The number of amides is 1. The van der Waals surface area contributed by atoms with Crippen LogP contribution in [-0.4, -0.2) is 33.8 Å². The Morgan fingerprint density at radius 3 is 2.74 bits per heavy atom. The van der Waals surface area contributed by atoms with Crippen molar-refractivity contribution >= 4 is 39.9 Å². The normalized spacial score (nSPS) is 15.3. The van der Waals surface area contributed by atoms with Crippen molar-refractivity contribution in [3.63, 3.8) is 0 Å². The fourth-order valence-electron chi connectivity index (χ4n) is 3.57. The number of carbonyl (C=O) groups is 1. The van der Waals surface area contributed by atoms with Gasteiger partial charge in [-0.25, -0.2) is 9.37 Å². The second kappa shape index (κ2) is 7.15. The van der Waals surface area contributed by atoms with Crippen molar-refractivity contribution in [2.45, 2.75) is 25.8 Å². The van der Waals surface area contributed by atoms with Gasteiger partial charge in [0.25, 0.3) is 0 Å². The van der Waals surface area contributed by atoms with Gasteiger partial charge in [0.1, 0.15) is 0 Å². The minimum Gasteiger partial charge on any atom is -0.354 e. The number of anilines is 2. The summed E-state index contributed by atoms with van der Waals surface area (Å²) in [4.78, 5) is 17.4. The van der Waals surface area contributed by atoms with Gasteiger partial charge < -0.3 is 10.2 Å². The maximum atomic E-state index is 14.1. The third-order valence-electron chi connectivity index (χ3n) is 4.82. The first-order valence-electron chi connectivity index (χ1n) is 8.82. The second-order valence-corrected chi connectivity index (χ2v) is 7.16. The highest BCUT2D eigenvalue weighted by Gasteiger charge is 2.25. The average Bonchev–Trinajstić information content (AvgIpc) is 3.05. The summed E-state index contributed by atoms with van der Waals surface area (Å²) in [6.07, 6.45) is 4.95. The Bertz CT molecular complexity index is 997. The Hall–Kier alpha value is -2.67. The number of aromatic nitrogens is 3. The number of fused-ring (bicyclic) bond motifs is 1. The molecular formula is C19H19ClFN5O. The van der Waals surface area contributed by atoms with Gasteiger partial charge in [-0.1, -0.05) is 11.6 Å². The molecule has 0 aliphatic carbocycles. The minimum atomic E-state index is -0.398. The van der Waals surface area contributed by atoms with Gasteiger partial charge in [0.05, 0.1) is 22.8 Å². The van der Waals surface area contributed by atoms with E-state index in [2.05, 4.69) is 15.4 Å². The molecule has 1 saturated heterocycles. The Morgan fingerprint density at radius 1 is 1.26 bits per heavy atom. The molecule has 8 heteroatoms. The van der Waals surface area contributed by atoms with Crippen LogP contribution in [0.4, 0.5) is 15.9 Å². The van der Waals surface area contributed by atoms with Crippen LogP contribution in [0, 0.1) is 5.82 Å². The fraction of sp³-hybridized carbons (Fsp3) is 0.316. The third kappa shape index (κ3) is 3.60. The molecular weight excluding hydrogens is 369 g/mol. The lowest BCUT2D eigenvalue weighted by atomic mass is 10.0. The fourth-order valence-corrected chi connectivity index (χ4v) is 3.72. The number of benzene rings is 1. The molecule has 2 aromatic heterocycles. The van der Waals surface area contributed by atoms with Gasteiger partial charge in [0.15, 0.2) is 11.6 Å². The zero-order valence-electron chi connectivity index (χ0n) is 14.8. The third-order valence-corrected chi connectivity index (χ3v) is 5.02. The number of piperidine rings is 1. The average molecular weight is 388 g/mol. The zero-order valence-corrected chi connectivity index (χ0v) is 15.6. The molecule has 1 aliphatic heterocycles. The van der Waals surface area contributed by atoms with E-state index in [4.69, 9.17) is 11.6 Å². The number of hydrogen-bond donors (Lipinski definition) is 1. The zero-order chi connectivity index (χ0) is 19.0. The Morgan fingerprint density at radius 2 is 2.04 bits per heavy atom. The highest BCUT2D eigenvalue weighted by molar-refractivity contribution is 6.30. The van der Waals surface area contributed by atoms with Gasteiger partial charge in [-0.15, -0.1) is 0 Å². The molecule has 0 saturated carbocycles. The van der Waals surface area contributed by atoms with Crippen molar-refractivity contribution in [3.05, 3.63) is 47.5 Å². The van der Waals surface area contributed by atoms with E-state index in [1.807, 2.05) is 34.0 Å². The van der Waals surface area contributed by atoms with E-state index in [0.717, 1.165) is 29.4 Å². The van der Waals surface area contributed by atoms with Gasteiger partial charge in [0.2, 0.25) is 5.91 Å². The van der Waals surface area contributed by atoms with Crippen LogP contribution in [0.25, 0.3) is 10.9 Å². The van der Waals surface area contributed by atoms with Gasteiger partial charge in [-0.2, -0.15) is 5.10 Å². The number of hydrogen-bond acceptors (Lipinski definition) is 4. The van der Waals surface area contributed by atoms with Crippen LogP contribution in [0.5, 0.6) is 0 Å². The summed E-state index contributed by atoms with van der Waals surface area (Å²) in [5.41, 5.74) is 1.73. The number of nitrogens with zero attached hydrogens (tertiary/aromatic N) is 4. The summed E-state index contributed by atoms with van der Waals surface area (Å²) >= 11 is 5.79. The van der Waals surface area contributed by atoms with E-state index >= 15 is 0 Å². The molecule has 0 spiro atoms. The number of pyridine rings is 1. The molecule has 3 aromatic rings. The Balaban J connectivity index is 1.53. The topological polar surface area (TPSA) is 63.1 Å². The van der Waals surface area contributed by atoms with Gasteiger partial charge in [0, 0.05) is 37.3 Å². The maximum absolute atomic E-state index is 14.1. The first-order chi connectivity index (χ1) is 13.0. The molecule has 1 aliphatic rings. The van der Waals surface area contributed by atoms with Crippen LogP contribution in [-0.2, 0) is 4.79 Å². The molecule has 1 aromatic carbocycles. The number of carbonyl (C=O) groups excluding carboxylic acids is 1. The lowest BCUT2D eigenvalue weighted by Crippen LogP contribution is -2.36. The van der Waals surface area contributed by atoms with Crippen LogP contribution < -0.4 is 10.2 Å². The van der Waals surface area contributed by atoms with Crippen molar-refractivity contribution in [1.82, 2.24) is 14.8 Å². The van der Waals surface area contributed by atoms with Crippen LogP contribution in [0.3, 0.4) is 0 Å². The van der Waals surface area contributed by atoms with E-state index < -0.39 is 5.82 Å². The van der Waals surface area contributed by atoms with Crippen molar-refractivity contribution in [3.8, 4) is 0 Å². The van der Waals surface area contributed by atoms with Crippen LogP contribution in [0.2, 0.25) is 5.02 Å². The van der Waals surface area contributed by atoms with Crippen LogP contribution >= 0.6 is 11.6 Å². The summed E-state index contributed by atoms with van der Waals surface area (Å²) in [6.45, 7) is 2.85. The van der Waals surface area contributed by atoms with Crippen LogP contribution in [0.1, 0.15) is 25.8 Å². The summed E-state index contributed by atoms with van der Waals surface area (Å²) in [5.74, 6) is -0.159. The molecule has 4 rings (SSSR count). The number of halogens is 2. The van der Waals surface area contributed by atoms with Crippen molar-refractivity contribution in [2.24, 2.45) is 0 Å². The predicted octanol–water partition coefficient (Wildman–Crippen LogP) is 4.02. The molecule has 1 N–H and O–H groups in total. The summed E-state index contributed by atoms with van der Waals surface area (Å²) in [5, 5.41) is 8.67. The first-order valence-corrected chi connectivity index (χ1v) is 9.20. The highest BCUT2D eigenvalue weighted by atomic mass is 35.5. The predicted molar refractivity (Wildman–Crippen MR) is 104 cm³/mol. The Kier molecular flexibility index (Phi) is 4.70. The molecule has 0 radical (unpaired) electrons. The van der Waals surface area contributed by atoms with Gasteiger partial charge >= 0.3 is 0 Å². The smallest absolute Gasteiger partial charge is 0.221 e. The van der Waals surface area contributed by atoms with Crippen LogP contribution in [0.15, 0.2) is 36.7 Å². The minimum absolute atomic E-state index is 0.105. The Labute approximate surface area is 160 Å².